The molecule has 90 valence electrons. The summed E-state index contributed by atoms with van der Waals surface area (Å²) in [5.74, 6) is 0.218. The van der Waals surface area contributed by atoms with Crippen LogP contribution in [0.5, 0.6) is 5.75 Å². The second kappa shape index (κ2) is 4.99. The zero-order valence-electron chi connectivity index (χ0n) is 9.90. The molecule has 0 atom stereocenters. The minimum atomic E-state index is -0.303. The van der Waals surface area contributed by atoms with Gasteiger partial charge in [-0.1, -0.05) is 0 Å². The van der Waals surface area contributed by atoms with Gasteiger partial charge in [0.15, 0.2) is 0 Å². The molecule has 1 aromatic carbocycles. The van der Waals surface area contributed by atoms with Crippen molar-refractivity contribution in [3.63, 3.8) is 0 Å². The summed E-state index contributed by atoms with van der Waals surface area (Å²) in [5.41, 5.74) is 1.74. The number of benzene rings is 1. The van der Waals surface area contributed by atoms with Gasteiger partial charge in [-0.05, 0) is 32.1 Å². The first-order valence-corrected chi connectivity index (χ1v) is 5.57. The minimum Gasteiger partial charge on any atom is -0.489 e. The molecule has 0 aliphatic carbocycles. The molecule has 3 nitrogen and oxygen atoms in total. The van der Waals surface area contributed by atoms with Crippen LogP contribution in [0.3, 0.4) is 0 Å². The number of hydrogen-bond donors (Lipinski definition) is 1. The molecule has 0 radical (unpaired) electrons. The third-order valence-corrected chi connectivity index (χ3v) is 2.24. The van der Waals surface area contributed by atoms with Crippen molar-refractivity contribution in [1.29, 1.82) is 0 Å². The number of nitrogens with one attached hydrogen (secondary N) is 1. The number of anilines is 1. The summed E-state index contributed by atoms with van der Waals surface area (Å²) >= 11 is 0. The van der Waals surface area contributed by atoms with Gasteiger partial charge in [-0.3, -0.25) is 4.99 Å². The van der Waals surface area contributed by atoms with Crippen molar-refractivity contribution >= 4 is 11.9 Å². The van der Waals surface area contributed by atoms with E-state index in [0.29, 0.717) is 12.3 Å². The second-order valence-electron chi connectivity index (χ2n) is 4.11. The topological polar surface area (TPSA) is 33.6 Å². The van der Waals surface area contributed by atoms with E-state index in [9.17, 15) is 4.39 Å². The molecule has 1 heterocycles. The average Bonchev–Trinajstić information content (AvgIpc) is 2.74. The van der Waals surface area contributed by atoms with E-state index in [0.717, 1.165) is 11.4 Å². The van der Waals surface area contributed by atoms with Crippen LogP contribution >= 0.6 is 0 Å². The Morgan fingerprint density at radius 1 is 1.41 bits per heavy atom. The third-order valence-electron chi connectivity index (χ3n) is 2.24. The molecule has 1 aliphatic heterocycles. The fraction of sp³-hybridized carbons (Fsp3) is 0.308. The van der Waals surface area contributed by atoms with Gasteiger partial charge in [0.05, 0.1) is 18.3 Å². The van der Waals surface area contributed by atoms with Crippen LogP contribution in [0.25, 0.3) is 0 Å². The van der Waals surface area contributed by atoms with Crippen molar-refractivity contribution in [3.8, 4) is 5.75 Å². The van der Waals surface area contributed by atoms with Gasteiger partial charge >= 0.3 is 0 Å². The normalized spacial score (nSPS) is 14.0. The molecule has 0 spiro atoms. The number of ether oxygens (including phenoxy) is 1. The smallest absolute Gasteiger partial charge is 0.146 e. The largest absolute Gasteiger partial charge is 0.489 e. The molecule has 1 aromatic rings. The third kappa shape index (κ3) is 3.06. The molecule has 1 N–H and O–H groups in total. The Morgan fingerprint density at radius 2 is 2.24 bits per heavy atom. The molecule has 0 fully saturated rings. The summed E-state index contributed by atoms with van der Waals surface area (Å²) in [6.45, 7) is 4.44. The van der Waals surface area contributed by atoms with E-state index in [1.807, 2.05) is 19.9 Å². The van der Waals surface area contributed by atoms with Gasteiger partial charge in [0.2, 0.25) is 0 Å². The molecule has 0 saturated carbocycles. The van der Waals surface area contributed by atoms with Gasteiger partial charge in [-0.15, -0.1) is 0 Å². The van der Waals surface area contributed by atoms with Crippen molar-refractivity contribution in [1.82, 2.24) is 0 Å². The zero-order chi connectivity index (χ0) is 12.3. The standard InChI is InChI=1S/C13H15FN2O/c1-9(2)17-13-7-10(14)3-4-12(13)16-11-5-6-15-8-11/h3-7,9,16H,8H2,1-2H3. The van der Waals surface area contributed by atoms with E-state index < -0.39 is 0 Å². The lowest BCUT2D eigenvalue weighted by Crippen LogP contribution is -2.09. The lowest BCUT2D eigenvalue weighted by Gasteiger charge is -2.15. The number of hydrogen-bond acceptors (Lipinski definition) is 3. The molecule has 1 aliphatic rings. The molecular weight excluding hydrogens is 219 g/mol. The Morgan fingerprint density at radius 3 is 2.88 bits per heavy atom. The van der Waals surface area contributed by atoms with Crippen LogP contribution < -0.4 is 10.1 Å². The van der Waals surface area contributed by atoms with Gasteiger partial charge in [0, 0.05) is 18.0 Å². The summed E-state index contributed by atoms with van der Waals surface area (Å²) in [6, 6.07) is 4.47. The van der Waals surface area contributed by atoms with Crippen LogP contribution in [0.4, 0.5) is 10.1 Å². The summed E-state index contributed by atoms with van der Waals surface area (Å²) in [5, 5.41) is 3.19. The molecule has 2 rings (SSSR count). The maximum Gasteiger partial charge on any atom is 0.146 e. The van der Waals surface area contributed by atoms with E-state index >= 15 is 0 Å². The van der Waals surface area contributed by atoms with Crippen molar-refractivity contribution in [2.45, 2.75) is 20.0 Å². The quantitative estimate of drug-likeness (QED) is 0.868. The molecule has 4 heteroatoms. The molecule has 0 aromatic heterocycles. The van der Waals surface area contributed by atoms with Crippen molar-refractivity contribution in [2.24, 2.45) is 4.99 Å². The minimum absolute atomic E-state index is 0.00570. The molecule has 17 heavy (non-hydrogen) atoms. The predicted octanol–water partition coefficient (Wildman–Crippen LogP) is 2.99. The number of allylic oxidation sites excluding steroid dienone is 1. The predicted molar refractivity (Wildman–Crippen MR) is 67.2 cm³/mol. The second-order valence-corrected chi connectivity index (χ2v) is 4.11. The first kappa shape index (κ1) is 11.6. The summed E-state index contributed by atoms with van der Waals surface area (Å²) in [6.07, 6.45) is 3.64. The molecule has 0 amide bonds. The first-order valence-electron chi connectivity index (χ1n) is 5.57. The van der Waals surface area contributed by atoms with Gasteiger partial charge < -0.3 is 10.1 Å². The van der Waals surface area contributed by atoms with Gasteiger partial charge in [-0.25, -0.2) is 4.39 Å². The molecule has 0 unspecified atom stereocenters. The Kier molecular flexibility index (Phi) is 3.42. The highest BCUT2D eigenvalue weighted by Crippen LogP contribution is 2.28. The highest BCUT2D eigenvalue weighted by molar-refractivity contribution is 5.77. The van der Waals surface area contributed by atoms with Crippen molar-refractivity contribution < 1.29 is 9.13 Å². The lowest BCUT2D eigenvalue weighted by atomic mass is 10.2. The van der Waals surface area contributed by atoms with Gasteiger partial charge in [-0.2, -0.15) is 0 Å². The molecular formula is C13H15FN2O. The number of nitrogens with zero attached hydrogens (tertiary/aromatic N) is 1. The Bertz CT molecular complexity index is 466. The van der Waals surface area contributed by atoms with Crippen LogP contribution in [0.2, 0.25) is 0 Å². The lowest BCUT2D eigenvalue weighted by molar-refractivity contribution is 0.242. The van der Waals surface area contributed by atoms with E-state index in [-0.39, 0.29) is 11.9 Å². The van der Waals surface area contributed by atoms with Crippen LogP contribution in [0, 0.1) is 5.82 Å². The molecule has 0 bridgehead atoms. The Labute approximate surface area is 100 Å². The Hall–Kier alpha value is -1.84. The van der Waals surface area contributed by atoms with Crippen LogP contribution in [-0.2, 0) is 0 Å². The van der Waals surface area contributed by atoms with E-state index in [4.69, 9.17) is 4.74 Å². The Balaban J connectivity index is 2.19. The maximum absolute atomic E-state index is 13.2. The number of rotatable bonds is 4. The zero-order valence-corrected chi connectivity index (χ0v) is 9.90. The average molecular weight is 234 g/mol. The number of halogens is 1. The summed E-state index contributed by atoms with van der Waals surface area (Å²) in [4.78, 5) is 4.07. The van der Waals surface area contributed by atoms with Crippen LogP contribution in [0.15, 0.2) is 35.0 Å². The van der Waals surface area contributed by atoms with E-state index in [1.54, 1.807) is 12.3 Å². The maximum atomic E-state index is 13.2. The van der Waals surface area contributed by atoms with E-state index in [1.165, 1.54) is 12.1 Å². The summed E-state index contributed by atoms with van der Waals surface area (Å²) < 4.78 is 18.7. The molecule has 0 saturated heterocycles. The SMILES string of the molecule is CC(C)Oc1cc(F)ccc1NC1=CC=NC1. The number of aliphatic imine (C=N–C) groups is 1. The summed E-state index contributed by atoms with van der Waals surface area (Å²) in [7, 11) is 0. The van der Waals surface area contributed by atoms with Gasteiger partial charge in [0.1, 0.15) is 11.6 Å². The van der Waals surface area contributed by atoms with Gasteiger partial charge in [0.25, 0.3) is 0 Å². The van der Waals surface area contributed by atoms with Crippen LogP contribution in [0.1, 0.15) is 13.8 Å². The van der Waals surface area contributed by atoms with Crippen LogP contribution in [-0.4, -0.2) is 18.9 Å². The highest BCUT2D eigenvalue weighted by Gasteiger charge is 2.09. The van der Waals surface area contributed by atoms with Crippen molar-refractivity contribution in [2.75, 3.05) is 11.9 Å². The van der Waals surface area contributed by atoms with Crippen molar-refractivity contribution in [3.05, 3.63) is 35.8 Å². The highest BCUT2D eigenvalue weighted by atomic mass is 19.1. The van der Waals surface area contributed by atoms with E-state index in [2.05, 4.69) is 10.3 Å². The monoisotopic (exact) mass is 234 g/mol. The first-order chi connectivity index (χ1) is 8.15. The fourth-order valence-corrected chi connectivity index (χ4v) is 1.55. The fourth-order valence-electron chi connectivity index (χ4n) is 1.55.